The first-order chi connectivity index (χ1) is 10.4. The summed E-state index contributed by atoms with van der Waals surface area (Å²) in [5.74, 6) is -0.689. The average molecular weight is 353 g/mol. The maximum atomic E-state index is 13.2. The summed E-state index contributed by atoms with van der Waals surface area (Å²) >= 11 is 0. The van der Waals surface area contributed by atoms with Crippen molar-refractivity contribution in [3.8, 4) is 0 Å². The third-order valence-corrected chi connectivity index (χ3v) is 3.59. The first kappa shape index (κ1) is 19.7. The molecule has 1 aliphatic heterocycles. The van der Waals surface area contributed by atoms with E-state index in [1.165, 1.54) is 0 Å². The zero-order valence-electron chi connectivity index (χ0n) is 12.6. The lowest BCUT2D eigenvalue weighted by atomic mass is 10.0. The molecule has 1 unspecified atom stereocenters. The lowest BCUT2D eigenvalue weighted by molar-refractivity contribution is -0.163. The molecule has 1 aliphatic rings. The van der Waals surface area contributed by atoms with Crippen LogP contribution < -0.4 is 10.6 Å². The van der Waals surface area contributed by atoms with Gasteiger partial charge in [0.2, 0.25) is 5.91 Å². The second kappa shape index (κ2) is 8.52. The summed E-state index contributed by atoms with van der Waals surface area (Å²) in [6.07, 6.45) is -5.26. The normalized spacial score (nSPS) is 22.8. The summed E-state index contributed by atoms with van der Waals surface area (Å²) in [6.45, 7) is 2.55. The Balaban J connectivity index is 0.00000264. The fourth-order valence-electron chi connectivity index (χ4n) is 2.39. The molecule has 23 heavy (non-hydrogen) atoms. The summed E-state index contributed by atoms with van der Waals surface area (Å²) in [6, 6.07) is 5.60. The number of ether oxygens (including phenoxy) is 1. The molecule has 8 heteroatoms. The van der Waals surface area contributed by atoms with Crippen LogP contribution in [0.2, 0.25) is 0 Å². The Hall–Kier alpha value is -1.31. The molecule has 1 aromatic carbocycles. The fraction of sp³-hybridized carbons (Fsp3) is 0.533. The number of carbonyl (C=O) groups excluding carboxylic acids is 1. The molecule has 4 nitrogen and oxygen atoms in total. The van der Waals surface area contributed by atoms with E-state index >= 15 is 0 Å². The van der Waals surface area contributed by atoms with E-state index in [0.717, 1.165) is 0 Å². The van der Waals surface area contributed by atoms with E-state index in [9.17, 15) is 18.0 Å². The standard InChI is InChI=1S/C15H19F3N2O2.ClH/c1-10-13(19-7-8-22-10)14(21)20-12(15(16,17)18)9-11-5-3-2-4-6-11;/h2-6,10,12-13,19H,7-9H2,1H3,(H,20,21);1H/t10-,12?,13+;/m1./s1. The second-order valence-electron chi connectivity index (χ2n) is 5.30. The van der Waals surface area contributed by atoms with E-state index < -0.39 is 30.3 Å². The van der Waals surface area contributed by atoms with Gasteiger partial charge in [-0.2, -0.15) is 13.2 Å². The van der Waals surface area contributed by atoms with E-state index in [1.807, 2.05) is 0 Å². The maximum Gasteiger partial charge on any atom is 0.408 e. The Morgan fingerprint density at radius 2 is 2.04 bits per heavy atom. The molecule has 1 heterocycles. The minimum absolute atomic E-state index is 0. The number of benzene rings is 1. The Bertz CT molecular complexity index is 499. The van der Waals surface area contributed by atoms with Gasteiger partial charge in [0.1, 0.15) is 12.1 Å². The first-order valence-electron chi connectivity index (χ1n) is 7.14. The zero-order valence-corrected chi connectivity index (χ0v) is 13.4. The van der Waals surface area contributed by atoms with Crippen molar-refractivity contribution in [3.63, 3.8) is 0 Å². The largest absolute Gasteiger partial charge is 0.408 e. The van der Waals surface area contributed by atoms with Crippen molar-refractivity contribution < 1.29 is 22.7 Å². The molecule has 0 spiro atoms. The molecule has 1 amide bonds. The van der Waals surface area contributed by atoms with Gasteiger partial charge >= 0.3 is 6.18 Å². The highest BCUT2D eigenvalue weighted by Gasteiger charge is 2.42. The quantitative estimate of drug-likeness (QED) is 0.872. The Morgan fingerprint density at radius 1 is 1.39 bits per heavy atom. The maximum absolute atomic E-state index is 13.2. The molecule has 130 valence electrons. The highest BCUT2D eigenvalue weighted by Crippen LogP contribution is 2.23. The van der Waals surface area contributed by atoms with Gasteiger partial charge in [-0.05, 0) is 12.5 Å². The molecule has 1 saturated heterocycles. The number of morpholine rings is 1. The van der Waals surface area contributed by atoms with Gasteiger partial charge in [0.15, 0.2) is 0 Å². The molecule has 1 fully saturated rings. The SMILES string of the molecule is C[C@H]1OCCN[C@@H]1C(=O)NC(Cc1ccccc1)C(F)(F)F.Cl. The molecule has 0 radical (unpaired) electrons. The smallest absolute Gasteiger partial charge is 0.375 e. The molecule has 0 aliphatic carbocycles. The van der Waals surface area contributed by atoms with Crippen LogP contribution in [0, 0.1) is 0 Å². The molecule has 0 aromatic heterocycles. The second-order valence-corrected chi connectivity index (χ2v) is 5.30. The summed E-state index contributed by atoms with van der Waals surface area (Å²) < 4.78 is 44.8. The Labute approximate surface area is 139 Å². The van der Waals surface area contributed by atoms with Gasteiger partial charge in [-0.15, -0.1) is 12.4 Å². The summed E-state index contributed by atoms with van der Waals surface area (Å²) in [4.78, 5) is 12.1. The third-order valence-electron chi connectivity index (χ3n) is 3.59. The van der Waals surface area contributed by atoms with E-state index in [1.54, 1.807) is 37.3 Å². The van der Waals surface area contributed by atoms with Crippen molar-refractivity contribution in [2.75, 3.05) is 13.2 Å². The van der Waals surface area contributed by atoms with Crippen LogP contribution in [0.3, 0.4) is 0 Å². The predicted molar refractivity (Wildman–Crippen MR) is 82.6 cm³/mol. The van der Waals surface area contributed by atoms with Crippen molar-refractivity contribution in [1.82, 2.24) is 10.6 Å². The lowest BCUT2D eigenvalue weighted by Gasteiger charge is -2.31. The molecule has 2 rings (SSSR count). The van der Waals surface area contributed by atoms with Crippen molar-refractivity contribution >= 4 is 18.3 Å². The van der Waals surface area contributed by atoms with Gasteiger partial charge in [-0.1, -0.05) is 30.3 Å². The topological polar surface area (TPSA) is 50.4 Å². The van der Waals surface area contributed by atoms with Gasteiger partial charge in [-0.3, -0.25) is 4.79 Å². The number of carbonyl (C=O) groups is 1. The molecule has 0 bridgehead atoms. The van der Waals surface area contributed by atoms with Crippen LogP contribution in [0.15, 0.2) is 30.3 Å². The van der Waals surface area contributed by atoms with Gasteiger partial charge < -0.3 is 15.4 Å². The van der Waals surface area contributed by atoms with E-state index in [4.69, 9.17) is 4.74 Å². The van der Waals surface area contributed by atoms with Crippen molar-refractivity contribution in [2.24, 2.45) is 0 Å². The first-order valence-corrected chi connectivity index (χ1v) is 7.14. The number of nitrogens with one attached hydrogen (secondary N) is 2. The van der Waals surface area contributed by atoms with Crippen LogP contribution >= 0.6 is 12.4 Å². The fourth-order valence-corrected chi connectivity index (χ4v) is 2.39. The highest BCUT2D eigenvalue weighted by atomic mass is 35.5. The van der Waals surface area contributed by atoms with Crippen LogP contribution in [0.1, 0.15) is 12.5 Å². The van der Waals surface area contributed by atoms with Gasteiger partial charge in [0.05, 0.1) is 12.7 Å². The summed E-state index contributed by atoms with van der Waals surface area (Å²) in [7, 11) is 0. The van der Waals surface area contributed by atoms with Gasteiger partial charge in [-0.25, -0.2) is 0 Å². The number of hydrogen-bond donors (Lipinski definition) is 2. The summed E-state index contributed by atoms with van der Waals surface area (Å²) in [5.41, 5.74) is 0.519. The highest BCUT2D eigenvalue weighted by molar-refractivity contribution is 5.85. The summed E-state index contributed by atoms with van der Waals surface area (Å²) in [5, 5.41) is 4.98. The minimum atomic E-state index is -4.51. The van der Waals surface area contributed by atoms with Crippen LogP contribution in [0.4, 0.5) is 13.2 Å². The number of hydrogen-bond acceptors (Lipinski definition) is 3. The number of rotatable bonds is 4. The number of alkyl halides is 3. The van der Waals surface area contributed by atoms with Crippen molar-refractivity contribution in [3.05, 3.63) is 35.9 Å². The number of amides is 1. The number of halogens is 4. The molecule has 3 atom stereocenters. The van der Waals surface area contributed by atoms with Crippen molar-refractivity contribution in [2.45, 2.75) is 37.7 Å². The lowest BCUT2D eigenvalue weighted by Crippen LogP contribution is -2.59. The van der Waals surface area contributed by atoms with Crippen molar-refractivity contribution in [1.29, 1.82) is 0 Å². The third kappa shape index (κ3) is 5.67. The van der Waals surface area contributed by atoms with Crippen LogP contribution in [0.25, 0.3) is 0 Å². The van der Waals surface area contributed by atoms with Crippen LogP contribution in [-0.4, -0.2) is 43.4 Å². The molecule has 1 aromatic rings. The molecule has 0 saturated carbocycles. The van der Waals surface area contributed by atoms with E-state index in [2.05, 4.69) is 10.6 Å². The van der Waals surface area contributed by atoms with E-state index in [-0.39, 0.29) is 18.8 Å². The molecular formula is C15H20ClF3N2O2. The van der Waals surface area contributed by atoms with Gasteiger partial charge in [0.25, 0.3) is 0 Å². The average Bonchev–Trinajstić information content (AvgIpc) is 2.47. The Kier molecular flexibility index (Phi) is 7.31. The monoisotopic (exact) mass is 352 g/mol. The zero-order chi connectivity index (χ0) is 16.2. The minimum Gasteiger partial charge on any atom is -0.375 e. The van der Waals surface area contributed by atoms with E-state index in [0.29, 0.717) is 18.7 Å². The Morgan fingerprint density at radius 3 is 2.61 bits per heavy atom. The van der Waals surface area contributed by atoms with Crippen LogP contribution in [0.5, 0.6) is 0 Å². The van der Waals surface area contributed by atoms with Gasteiger partial charge in [0, 0.05) is 13.0 Å². The molecule has 2 N–H and O–H groups in total. The molecular weight excluding hydrogens is 333 g/mol. The van der Waals surface area contributed by atoms with Crippen LogP contribution in [-0.2, 0) is 16.0 Å². The predicted octanol–water partition coefficient (Wildman–Crippen LogP) is 2.07.